The van der Waals surface area contributed by atoms with E-state index in [-0.39, 0.29) is 22.1 Å². The molecular weight excluding hydrogens is 584 g/mol. The van der Waals surface area contributed by atoms with Gasteiger partial charge in [0.2, 0.25) is 5.91 Å². The third-order valence-electron chi connectivity index (χ3n) is 8.68. The zero-order valence-corrected chi connectivity index (χ0v) is 25.7. The molecule has 0 aliphatic carbocycles. The van der Waals surface area contributed by atoms with Gasteiger partial charge in [0.1, 0.15) is 23.2 Å². The molecule has 1 N–H and O–H groups in total. The Balaban J connectivity index is 1.23. The summed E-state index contributed by atoms with van der Waals surface area (Å²) in [5.41, 5.74) is 3.35. The number of rotatable bonds is 10. The number of thioether (sulfide) groups is 1. The van der Waals surface area contributed by atoms with Crippen LogP contribution in [0.5, 0.6) is 5.75 Å². The molecule has 2 aliphatic heterocycles. The lowest BCUT2D eigenvalue weighted by Crippen LogP contribution is -2.70. The van der Waals surface area contributed by atoms with E-state index in [4.69, 9.17) is 4.74 Å². The minimum absolute atomic E-state index is 0.0140. The summed E-state index contributed by atoms with van der Waals surface area (Å²) in [6.45, 7) is 5.11. The van der Waals surface area contributed by atoms with Gasteiger partial charge in [-0.25, -0.2) is 4.68 Å². The third kappa shape index (κ3) is 5.00. The first-order valence-electron chi connectivity index (χ1n) is 14.8. The van der Waals surface area contributed by atoms with Crippen LogP contribution in [0.2, 0.25) is 0 Å². The largest absolute Gasteiger partial charge is 0.429 e. The van der Waals surface area contributed by atoms with E-state index in [0.717, 1.165) is 22.3 Å². The van der Waals surface area contributed by atoms with Crippen LogP contribution in [0.1, 0.15) is 48.0 Å². The van der Waals surface area contributed by atoms with Gasteiger partial charge >= 0.3 is 0 Å². The highest BCUT2D eigenvalue weighted by Gasteiger charge is 2.64. The Hall–Kier alpha value is -4.80. The van der Waals surface area contributed by atoms with Crippen LogP contribution in [-0.4, -0.2) is 53.6 Å². The first kappa shape index (κ1) is 28.9. The van der Waals surface area contributed by atoms with Crippen LogP contribution in [0.4, 0.5) is 0 Å². The van der Waals surface area contributed by atoms with Crippen molar-refractivity contribution in [3.63, 3.8) is 0 Å². The predicted octanol–water partition coefficient (Wildman–Crippen LogP) is 4.94. The first-order valence-corrected chi connectivity index (χ1v) is 15.7. The molecule has 7 rings (SSSR count). The number of nitrogens with one attached hydrogen (secondary N) is 1. The number of hydrogen-bond donors (Lipinski definition) is 1. The minimum atomic E-state index is -0.764. The fraction of sp³-hybridized carbons (Fsp3) is 0.229. The quantitative estimate of drug-likeness (QED) is 0.134. The van der Waals surface area contributed by atoms with Crippen molar-refractivity contribution in [1.29, 1.82) is 0 Å². The summed E-state index contributed by atoms with van der Waals surface area (Å²) in [6, 6.07) is 37.4. The molecule has 2 saturated heterocycles. The summed E-state index contributed by atoms with van der Waals surface area (Å²) in [5, 5.41) is 16.5. The summed E-state index contributed by atoms with van der Waals surface area (Å²) in [6.07, 6.45) is 0. The number of aromatic nitrogens is 4. The van der Waals surface area contributed by atoms with Gasteiger partial charge in [-0.15, -0.1) is 16.9 Å². The van der Waals surface area contributed by atoms with Crippen LogP contribution in [0.3, 0.4) is 0 Å². The molecule has 10 heteroatoms. The summed E-state index contributed by atoms with van der Waals surface area (Å²) in [5.74, 6) is 1.11. The second kappa shape index (κ2) is 11.6. The van der Waals surface area contributed by atoms with Crippen molar-refractivity contribution in [2.75, 3.05) is 0 Å². The van der Waals surface area contributed by atoms with E-state index in [2.05, 4.69) is 71.1 Å². The van der Waals surface area contributed by atoms with E-state index in [1.807, 2.05) is 71.6 Å². The number of ether oxygens (including phenoxy) is 1. The summed E-state index contributed by atoms with van der Waals surface area (Å²) >= 11 is 1.77. The molecule has 2 aliphatic rings. The van der Waals surface area contributed by atoms with E-state index in [9.17, 15) is 9.59 Å². The van der Waals surface area contributed by atoms with Gasteiger partial charge in [-0.3, -0.25) is 14.9 Å². The van der Waals surface area contributed by atoms with Gasteiger partial charge in [-0.2, -0.15) is 0 Å². The average Bonchev–Trinajstić information content (AvgIpc) is 3.62. The maximum atomic E-state index is 14.3. The molecule has 0 radical (unpaired) electrons. The molecule has 0 saturated carbocycles. The lowest BCUT2D eigenvalue weighted by atomic mass is 9.76. The number of carbonyl (C=O) groups is 2. The number of amides is 1. The second-order valence-corrected chi connectivity index (χ2v) is 13.6. The molecule has 226 valence electrons. The topological polar surface area (TPSA) is 102 Å². The highest BCUT2D eigenvalue weighted by Crippen LogP contribution is 2.57. The zero-order chi connectivity index (χ0) is 31.0. The lowest BCUT2D eigenvalue weighted by Gasteiger charge is -2.49. The second-order valence-electron chi connectivity index (χ2n) is 11.8. The third-order valence-corrected chi connectivity index (χ3v) is 10.2. The molecule has 0 bridgehead atoms. The Morgan fingerprint density at radius 2 is 1.42 bits per heavy atom. The molecule has 1 amide bonds. The fourth-order valence-corrected chi connectivity index (χ4v) is 8.26. The standard InChI is InChI=1S/C35H32N6O3S/c1-34(2)30(31-37-38-39-40(31)22-24-18-20-28(21-19-24)44-23-42)41-32(43)29(33(41)45-34)36-35(25-12-6-3-7-13-25,26-14-8-4-9-15-26)27-16-10-5-11-17-27/h3-21,23,29-30,33,36H,22H2,1-2H3/t29?,30?,33-/m0/s1. The normalized spacial score (nSPS) is 20.4. The zero-order valence-electron chi connectivity index (χ0n) is 24.9. The van der Waals surface area contributed by atoms with Crippen LogP contribution in [0.15, 0.2) is 115 Å². The molecule has 2 unspecified atom stereocenters. The van der Waals surface area contributed by atoms with Crippen molar-refractivity contribution in [2.24, 2.45) is 0 Å². The van der Waals surface area contributed by atoms with E-state index >= 15 is 0 Å². The number of nitrogens with zero attached hydrogens (tertiary/aromatic N) is 5. The van der Waals surface area contributed by atoms with Gasteiger partial charge in [-0.05, 0) is 58.7 Å². The van der Waals surface area contributed by atoms with Crippen molar-refractivity contribution in [1.82, 2.24) is 30.4 Å². The van der Waals surface area contributed by atoms with Gasteiger partial charge in [0, 0.05) is 4.75 Å². The van der Waals surface area contributed by atoms with Crippen LogP contribution in [0, 0.1) is 0 Å². The number of hydrogen-bond acceptors (Lipinski definition) is 8. The molecule has 0 spiro atoms. The average molecular weight is 617 g/mol. The van der Waals surface area contributed by atoms with Gasteiger partial charge in [0.15, 0.2) is 5.82 Å². The predicted molar refractivity (Wildman–Crippen MR) is 171 cm³/mol. The number of benzene rings is 4. The fourth-order valence-electron chi connectivity index (χ4n) is 6.63. The van der Waals surface area contributed by atoms with Gasteiger partial charge in [0.25, 0.3) is 6.47 Å². The van der Waals surface area contributed by atoms with Crippen molar-refractivity contribution in [3.8, 4) is 5.75 Å². The van der Waals surface area contributed by atoms with Crippen LogP contribution in [0.25, 0.3) is 0 Å². The Kier molecular flexibility index (Phi) is 7.47. The minimum Gasteiger partial charge on any atom is -0.429 e. The molecule has 9 nitrogen and oxygen atoms in total. The molecule has 3 heterocycles. The van der Waals surface area contributed by atoms with Gasteiger partial charge in [0.05, 0.1) is 12.1 Å². The molecule has 5 aromatic rings. The van der Waals surface area contributed by atoms with Crippen molar-refractivity contribution < 1.29 is 14.3 Å². The van der Waals surface area contributed by atoms with E-state index in [0.29, 0.717) is 24.6 Å². The first-order chi connectivity index (χ1) is 21.9. The molecule has 4 aromatic carbocycles. The summed E-state index contributed by atoms with van der Waals surface area (Å²) < 4.78 is 6.31. The van der Waals surface area contributed by atoms with Crippen molar-refractivity contribution >= 4 is 24.1 Å². The van der Waals surface area contributed by atoms with Crippen molar-refractivity contribution in [3.05, 3.63) is 143 Å². The number of carbonyl (C=O) groups excluding carboxylic acids is 2. The van der Waals surface area contributed by atoms with Crippen molar-refractivity contribution in [2.45, 2.75) is 48.1 Å². The Morgan fingerprint density at radius 1 is 0.867 bits per heavy atom. The Bertz CT molecular complexity index is 1700. The highest BCUT2D eigenvalue weighted by molar-refractivity contribution is 8.01. The number of β-lactam (4-membered cyclic amide) rings is 1. The molecular formula is C35H32N6O3S. The van der Waals surface area contributed by atoms with E-state index in [1.54, 1.807) is 28.6 Å². The summed E-state index contributed by atoms with van der Waals surface area (Å²) in [4.78, 5) is 26.9. The van der Waals surface area contributed by atoms with Crippen LogP contribution >= 0.6 is 11.8 Å². The molecule has 3 atom stereocenters. The molecule has 45 heavy (non-hydrogen) atoms. The lowest BCUT2D eigenvalue weighted by molar-refractivity contribution is -0.150. The Labute approximate surface area is 265 Å². The number of fused-ring (bicyclic) bond motifs is 1. The summed E-state index contributed by atoms with van der Waals surface area (Å²) in [7, 11) is 0. The number of tetrazole rings is 1. The highest BCUT2D eigenvalue weighted by atomic mass is 32.2. The van der Waals surface area contributed by atoms with Gasteiger partial charge < -0.3 is 9.64 Å². The smallest absolute Gasteiger partial charge is 0.298 e. The molecule has 1 aromatic heterocycles. The van der Waals surface area contributed by atoms with Crippen LogP contribution < -0.4 is 10.1 Å². The van der Waals surface area contributed by atoms with Gasteiger partial charge in [-0.1, -0.05) is 103 Å². The SMILES string of the molecule is CC1(C)S[C@H]2C(NC(c3ccccc3)(c3ccccc3)c3ccccc3)C(=O)N2C1c1nnnn1Cc1ccc(OC=O)cc1. The Morgan fingerprint density at radius 3 is 1.96 bits per heavy atom. The maximum Gasteiger partial charge on any atom is 0.298 e. The maximum absolute atomic E-state index is 14.3. The molecule has 2 fully saturated rings. The van der Waals surface area contributed by atoms with Crippen LogP contribution in [-0.2, 0) is 21.7 Å². The monoisotopic (exact) mass is 616 g/mol. The van der Waals surface area contributed by atoms with E-state index in [1.165, 1.54) is 0 Å². The van der Waals surface area contributed by atoms with E-state index < -0.39 is 11.6 Å².